The predicted molar refractivity (Wildman–Crippen MR) is 66.2 cm³/mol. The molecule has 0 fully saturated rings. The molecule has 2 amide bonds. The van der Waals surface area contributed by atoms with Crippen LogP contribution < -0.4 is 11.1 Å². The smallest absolute Gasteiger partial charge is 0.322 e. The number of hydrogen-bond donors (Lipinski definition) is 3. The fraction of sp³-hybridized carbons (Fsp3) is 0.500. The van der Waals surface area contributed by atoms with E-state index in [-0.39, 0.29) is 11.9 Å². The summed E-state index contributed by atoms with van der Waals surface area (Å²) in [4.78, 5) is 13.5. The first-order chi connectivity index (χ1) is 8.01. The Morgan fingerprint density at radius 1 is 1.59 bits per heavy atom. The lowest BCUT2D eigenvalue weighted by Crippen LogP contribution is -2.35. The lowest BCUT2D eigenvalue weighted by molar-refractivity contribution is 0.217. The molecule has 0 aliphatic heterocycles. The zero-order valence-electron chi connectivity index (χ0n) is 10.3. The third-order valence-electron chi connectivity index (χ3n) is 2.50. The molecular weight excluding hydrogens is 220 g/mol. The van der Waals surface area contributed by atoms with Gasteiger partial charge < -0.3 is 10.6 Å². The van der Waals surface area contributed by atoms with E-state index in [2.05, 4.69) is 10.4 Å². The van der Waals surface area contributed by atoms with Crippen molar-refractivity contribution >= 4 is 17.7 Å². The van der Waals surface area contributed by atoms with Crippen molar-refractivity contribution in [2.75, 3.05) is 18.4 Å². The van der Waals surface area contributed by atoms with Gasteiger partial charge in [-0.05, 0) is 13.8 Å². The number of rotatable bonds is 4. The van der Waals surface area contributed by atoms with Gasteiger partial charge in [-0.1, -0.05) is 0 Å². The van der Waals surface area contributed by atoms with Crippen molar-refractivity contribution in [3.8, 4) is 0 Å². The van der Waals surface area contributed by atoms with Gasteiger partial charge >= 0.3 is 6.03 Å². The Bertz CT molecular complexity index is 420. The highest BCUT2D eigenvalue weighted by atomic mass is 16.2. The largest absolute Gasteiger partial charge is 0.384 e. The van der Waals surface area contributed by atoms with Gasteiger partial charge in [-0.25, -0.2) is 4.79 Å². The highest BCUT2D eigenvalue weighted by Gasteiger charge is 2.16. The average Bonchev–Trinajstić information content (AvgIpc) is 2.62. The van der Waals surface area contributed by atoms with E-state index in [0.717, 1.165) is 0 Å². The van der Waals surface area contributed by atoms with Crippen LogP contribution in [0.1, 0.15) is 19.4 Å². The van der Waals surface area contributed by atoms with Gasteiger partial charge in [0.05, 0.1) is 11.8 Å². The summed E-state index contributed by atoms with van der Waals surface area (Å²) < 4.78 is 1.48. The molecular formula is C10H18N6O. The molecule has 0 spiro atoms. The van der Waals surface area contributed by atoms with Crippen LogP contribution >= 0.6 is 0 Å². The van der Waals surface area contributed by atoms with Crippen molar-refractivity contribution in [2.45, 2.75) is 13.8 Å². The second-order valence-electron chi connectivity index (χ2n) is 3.55. The zero-order chi connectivity index (χ0) is 13.0. The highest BCUT2D eigenvalue weighted by molar-refractivity contribution is 6.02. The first-order valence-corrected chi connectivity index (χ1v) is 5.43. The summed E-state index contributed by atoms with van der Waals surface area (Å²) in [5.41, 5.74) is 5.83. The van der Waals surface area contributed by atoms with Crippen molar-refractivity contribution in [3.05, 3.63) is 11.8 Å². The van der Waals surface area contributed by atoms with Crippen LogP contribution in [0.4, 0.5) is 10.6 Å². The van der Waals surface area contributed by atoms with Gasteiger partial charge in [0.15, 0.2) is 0 Å². The quantitative estimate of drug-likeness (QED) is 0.528. The highest BCUT2D eigenvalue weighted by Crippen LogP contribution is 2.13. The maximum atomic E-state index is 11.9. The summed E-state index contributed by atoms with van der Waals surface area (Å²) in [5, 5.41) is 14.1. The van der Waals surface area contributed by atoms with Gasteiger partial charge in [-0.2, -0.15) is 5.10 Å². The van der Waals surface area contributed by atoms with Crippen LogP contribution in [0.25, 0.3) is 0 Å². The topological polar surface area (TPSA) is 100 Å². The van der Waals surface area contributed by atoms with E-state index in [1.54, 1.807) is 11.9 Å². The van der Waals surface area contributed by atoms with E-state index in [9.17, 15) is 4.79 Å². The Morgan fingerprint density at radius 3 is 2.65 bits per heavy atom. The molecule has 1 aromatic heterocycles. The van der Waals surface area contributed by atoms with Gasteiger partial charge in [-0.15, -0.1) is 0 Å². The van der Waals surface area contributed by atoms with E-state index in [1.165, 1.54) is 10.9 Å². The lowest BCUT2D eigenvalue weighted by Gasteiger charge is -2.19. The van der Waals surface area contributed by atoms with Crippen LogP contribution in [0.2, 0.25) is 0 Å². The molecule has 7 nitrogen and oxygen atoms in total. The number of nitrogen functional groups attached to an aromatic ring is 1. The predicted octanol–water partition coefficient (Wildman–Crippen LogP) is 0.578. The molecule has 0 aliphatic carbocycles. The second-order valence-corrected chi connectivity index (χ2v) is 3.55. The summed E-state index contributed by atoms with van der Waals surface area (Å²) in [6.45, 7) is 5.04. The number of nitrogens with zero attached hydrogens (tertiary/aromatic N) is 3. The molecule has 0 radical (unpaired) electrons. The number of urea groups is 1. The van der Waals surface area contributed by atoms with Crippen molar-refractivity contribution < 1.29 is 4.79 Å². The van der Waals surface area contributed by atoms with Crippen molar-refractivity contribution in [2.24, 2.45) is 12.8 Å². The number of carbonyl (C=O) groups excluding carboxylic acids is 1. The molecule has 0 unspecified atom stereocenters. The number of carbonyl (C=O) groups is 1. The van der Waals surface area contributed by atoms with Gasteiger partial charge in [-0.3, -0.25) is 15.4 Å². The number of hydrogen-bond acceptors (Lipinski definition) is 3. The molecule has 0 atom stereocenters. The van der Waals surface area contributed by atoms with Crippen LogP contribution in [-0.2, 0) is 7.05 Å². The molecule has 1 rings (SSSR count). The molecule has 1 aromatic rings. The number of amides is 2. The number of aryl methyl sites for hydroxylation is 1. The molecule has 1 heterocycles. The van der Waals surface area contributed by atoms with Gasteiger partial charge in [0, 0.05) is 20.1 Å². The Hall–Kier alpha value is -2.05. The van der Waals surface area contributed by atoms with E-state index < -0.39 is 0 Å². The third kappa shape index (κ3) is 2.74. The fourth-order valence-corrected chi connectivity index (χ4v) is 1.47. The number of aromatic nitrogens is 2. The monoisotopic (exact) mass is 238 g/mol. The molecule has 0 saturated heterocycles. The third-order valence-corrected chi connectivity index (χ3v) is 2.50. The van der Waals surface area contributed by atoms with E-state index in [0.29, 0.717) is 24.5 Å². The maximum Gasteiger partial charge on any atom is 0.322 e. The van der Waals surface area contributed by atoms with Gasteiger partial charge in [0.25, 0.3) is 0 Å². The SMILES string of the molecule is CCN(CC)C(=O)Nc1c(C(=N)N)cnn1C. The first-order valence-electron chi connectivity index (χ1n) is 5.43. The van der Waals surface area contributed by atoms with Gasteiger partial charge in [0.1, 0.15) is 11.7 Å². The van der Waals surface area contributed by atoms with Crippen LogP contribution in [-0.4, -0.2) is 39.6 Å². The van der Waals surface area contributed by atoms with Gasteiger partial charge in [0.2, 0.25) is 0 Å². The Morgan fingerprint density at radius 2 is 2.18 bits per heavy atom. The summed E-state index contributed by atoms with van der Waals surface area (Å²) in [6.07, 6.45) is 1.46. The minimum Gasteiger partial charge on any atom is -0.384 e. The minimum atomic E-state index is -0.221. The molecule has 0 bridgehead atoms. The summed E-state index contributed by atoms with van der Waals surface area (Å²) in [7, 11) is 1.68. The normalized spacial score (nSPS) is 10.1. The molecule has 94 valence electrons. The molecule has 7 heteroatoms. The number of anilines is 1. The van der Waals surface area contributed by atoms with Crippen molar-refractivity contribution in [1.82, 2.24) is 14.7 Å². The van der Waals surface area contributed by atoms with Crippen LogP contribution in [0.3, 0.4) is 0 Å². The van der Waals surface area contributed by atoms with Crippen molar-refractivity contribution in [3.63, 3.8) is 0 Å². The Kier molecular flexibility index (Phi) is 4.08. The molecule has 0 saturated carbocycles. The van der Waals surface area contributed by atoms with Crippen LogP contribution in [0.5, 0.6) is 0 Å². The summed E-state index contributed by atoms with van der Waals surface area (Å²) >= 11 is 0. The van der Waals surface area contributed by atoms with E-state index >= 15 is 0 Å². The first kappa shape index (κ1) is 13.0. The Balaban J connectivity index is 2.91. The lowest BCUT2D eigenvalue weighted by atomic mass is 10.3. The van der Waals surface area contributed by atoms with Crippen LogP contribution in [0.15, 0.2) is 6.20 Å². The zero-order valence-corrected chi connectivity index (χ0v) is 10.3. The Labute approximate surface area is 100 Å². The van der Waals surface area contributed by atoms with E-state index in [1.807, 2.05) is 13.8 Å². The molecule has 17 heavy (non-hydrogen) atoms. The minimum absolute atomic E-state index is 0.118. The summed E-state index contributed by atoms with van der Waals surface area (Å²) in [5.74, 6) is 0.322. The molecule has 4 N–H and O–H groups in total. The number of nitrogens with two attached hydrogens (primary N) is 1. The standard InChI is InChI=1S/C10H18N6O/c1-4-16(5-2)10(17)14-9-7(8(11)12)6-13-15(9)3/h6H,4-5H2,1-3H3,(H3,11,12)(H,14,17). The summed E-state index contributed by atoms with van der Waals surface area (Å²) in [6, 6.07) is -0.221. The molecule has 0 aliphatic rings. The van der Waals surface area contributed by atoms with E-state index in [4.69, 9.17) is 11.1 Å². The number of amidine groups is 1. The molecule has 0 aromatic carbocycles. The second kappa shape index (κ2) is 5.33. The maximum absolute atomic E-state index is 11.9. The average molecular weight is 238 g/mol. The fourth-order valence-electron chi connectivity index (χ4n) is 1.47. The van der Waals surface area contributed by atoms with Crippen molar-refractivity contribution in [1.29, 1.82) is 5.41 Å². The number of nitrogens with one attached hydrogen (secondary N) is 2. The van der Waals surface area contributed by atoms with Crippen LogP contribution in [0, 0.1) is 5.41 Å².